The highest BCUT2D eigenvalue weighted by Crippen LogP contribution is 2.32. The van der Waals surface area contributed by atoms with E-state index in [9.17, 15) is 24.5 Å². The third-order valence-electron chi connectivity index (χ3n) is 6.14. The Morgan fingerprint density at radius 3 is 2.22 bits per heavy atom. The number of ether oxygens (including phenoxy) is 1. The largest absolute Gasteiger partial charge is 0.462 e. The number of piperazine rings is 1. The molecule has 10 heteroatoms. The molecule has 2 aromatic carbocycles. The molecule has 0 aliphatic carbocycles. The van der Waals surface area contributed by atoms with Gasteiger partial charge in [0.1, 0.15) is 5.69 Å². The van der Waals surface area contributed by atoms with Gasteiger partial charge in [-0.3, -0.25) is 19.7 Å². The molecule has 4 rings (SSSR count). The molecule has 3 aromatic rings. The standard InChI is InChI=1S/C26H26N4O6/c1-3-36-26(33)21-17(2)27-23(22(21)18-7-5-4-6-8-18)24(31)25(32)29-15-13-28(14-16-29)19-9-11-20(12-10-19)30(34)35/h4-12,27H,3,13-16H2,1-2H3. The number of nitrogens with one attached hydrogen (secondary N) is 1. The Balaban J connectivity index is 1.55. The number of H-pyrrole nitrogens is 1. The van der Waals surface area contributed by atoms with E-state index in [1.165, 1.54) is 17.0 Å². The highest BCUT2D eigenvalue weighted by Gasteiger charge is 2.33. The Bertz CT molecular complexity index is 1290. The Morgan fingerprint density at radius 2 is 1.64 bits per heavy atom. The Kier molecular flexibility index (Phi) is 7.14. The maximum absolute atomic E-state index is 13.4. The predicted molar refractivity (Wildman–Crippen MR) is 133 cm³/mol. The highest BCUT2D eigenvalue weighted by molar-refractivity contribution is 6.43. The summed E-state index contributed by atoms with van der Waals surface area (Å²) in [5.41, 5.74) is 2.55. The van der Waals surface area contributed by atoms with Gasteiger partial charge in [0.2, 0.25) is 0 Å². The van der Waals surface area contributed by atoms with Crippen molar-refractivity contribution >= 4 is 29.0 Å². The van der Waals surface area contributed by atoms with E-state index in [0.717, 1.165) is 5.69 Å². The van der Waals surface area contributed by atoms with E-state index in [0.29, 0.717) is 43.0 Å². The monoisotopic (exact) mass is 490 g/mol. The number of nitro benzene ring substituents is 1. The first-order chi connectivity index (χ1) is 17.3. The number of non-ortho nitro benzene ring substituents is 1. The van der Waals surface area contributed by atoms with Crippen LogP contribution in [0.3, 0.4) is 0 Å². The van der Waals surface area contributed by atoms with Gasteiger partial charge in [-0.1, -0.05) is 30.3 Å². The molecule has 1 saturated heterocycles. The molecule has 1 amide bonds. The minimum absolute atomic E-state index is 0.0100. The number of anilines is 1. The number of carbonyl (C=O) groups is 3. The molecule has 1 aliphatic heterocycles. The number of ketones is 1. The lowest BCUT2D eigenvalue weighted by atomic mass is 9.98. The fourth-order valence-corrected chi connectivity index (χ4v) is 4.35. The molecule has 1 N–H and O–H groups in total. The SMILES string of the molecule is CCOC(=O)c1c(C)[nH]c(C(=O)C(=O)N2CCN(c3ccc([N+](=O)[O-])cc3)CC2)c1-c1ccccc1. The summed E-state index contributed by atoms with van der Waals surface area (Å²) in [6.45, 7) is 5.12. The van der Waals surface area contributed by atoms with Gasteiger partial charge in [0, 0.05) is 55.3 Å². The molecule has 36 heavy (non-hydrogen) atoms. The summed E-state index contributed by atoms with van der Waals surface area (Å²) in [5, 5.41) is 10.9. The van der Waals surface area contributed by atoms with Crippen molar-refractivity contribution in [2.45, 2.75) is 13.8 Å². The molecular weight excluding hydrogens is 464 g/mol. The number of aromatic nitrogens is 1. The van der Waals surface area contributed by atoms with E-state index in [4.69, 9.17) is 4.74 Å². The van der Waals surface area contributed by atoms with Crippen LogP contribution in [0.15, 0.2) is 54.6 Å². The molecule has 1 aliphatic rings. The van der Waals surface area contributed by atoms with Crippen molar-refractivity contribution < 1.29 is 24.0 Å². The van der Waals surface area contributed by atoms with Gasteiger partial charge in [0.05, 0.1) is 17.1 Å². The van der Waals surface area contributed by atoms with Crippen molar-refractivity contribution in [1.82, 2.24) is 9.88 Å². The Hall–Kier alpha value is -4.47. The van der Waals surface area contributed by atoms with E-state index >= 15 is 0 Å². The number of aryl methyl sites for hydroxylation is 1. The number of aromatic amines is 1. The third kappa shape index (κ3) is 4.83. The quantitative estimate of drug-likeness (QED) is 0.176. The number of Topliss-reactive ketones (excluding diaryl/α,β-unsaturated/α-hetero) is 1. The summed E-state index contributed by atoms with van der Waals surface area (Å²) in [6, 6.07) is 15.2. The van der Waals surface area contributed by atoms with E-state index in [1.807, 2.05) is 11.0 Å². The molecule has 0 bridgehead atoms. The van der Waals surface area contributed by atoms with Crippen LogP contribution in [0.25, 0.3) is 11.1 Å². The zero-order valence-electron chi connectivity index (χ0n) is 20.0. The summed E-state index contributed by atoms with van der Waals surface area (Å²) in [6.07, 6.45) is 0. The van der Waals surface area contributed by atoms with Gasteiger partial charge in [-0.05, 0) is 31.5 Å². The molecule has 186 valence electrons. The van der Waals surface area contributed by atoms with Crippen LogP contribution in [0.2, 0.25) is 0 Å². The predicted octanol–water partition coefficient (Wildman–Crippen LogP) is 3.61. The van der Waals surface area contributed by atoms with Gasteiger partial charge in [0.15, 0.2) is 0 Å². The molecule has 0 saturated carbocycles. The van der Waals surface area contributed by atoms with Crippen LogP contribution in [-0.2, 0) is 9.53 Å². The maximum atomic E-state index is 13.4. The van der Waals surface area contributed by atoms with Gasteiger partial charge in [0.25, 0.3) is 17.4 Å². The van der Waals surface area contributed by atoms with Gasteiger partial charge in [-0.2, -0.15) is 0 Å². The second kappa shape index (κ2) is 10.4. The lowest BCUT2D eigenvalue weighted by Crippen LogP contribution is -2.50. The van der Waals surface area contributed by atoms with Crippen molar-refractivity contribution in [3.05, 3.63) is 81.7 Å². The van der Waals surface area contributed by atoms with E-state index in [2.05, 4.69) is 4.98 Å². The summed E-state index contributed by atoms with van der Waals surface area (Å²) in [5.74, 6) is -1.95. The zero-order valence-corrected chi connectivity index (χ0v) is 20.0. The number of amides is 1. The van der Waals surface area contributed by atoms with Crippen molar-refractivity contribution in [3.63, 3.8) is 0 Å². The van der Waals surface area contributed by atoms with Crippen molar-refractivity contribution in [2.75, 3.05) is 37.7 Å². The molecule has 1 fully saturated rings. The van der Waals surface area contributed by atoms with Crippen LogP contribution >= 0.6 is 0 Å². The van der Waals surface area contributed by atoms with Gasteiger partial charge in [-0.15, -0.1) is 0 Å². The first-order valence-corrected chi connectivity index (χ1v) is 11.6. The smallest absolute Gasteiger partial charge is 0.340 e. The number of carbonyl (C=O) groups excluding carboxylic acids is 3. The average molecular weight is 491 g/mol. The minimum Gasteiger partial charge on any atom is -0.462 e. The van der Waals surface area contributed by atoms with Crippen LogP contribution < -0.4 is 4.90 Å². The second-order valence-electron chi connectivity index (χ2n) is 8.34. The fourth-order valence-electron chi connectivity index (χ4n) is 4.35. The summed E-state index contributed by atoms with van der Waals surface area (Å²) in [4.78, 5) is 56.2. The first kappa shape index (κ1) is 24.6. The van der Waals surface area contributed by atoms with Crippen molar-refractivity contribution in [2.24, 2.45) is 0 Å². The van der Waals surface area contributed by atoms with Crippen molar-refractivity contribution in [3.8, 4) is 11.1 Å². The summed E-state index contributed by atoms with van der Waals surface area (Å²) < 4.78 is 5.21. The number of hydrogen-bond acceptors (Lipinski definition) is 7. The van der Waals surface area contributed by atoms with Crippen LogP contribution in [0.4, 0.5) is 11.4 Å². The molecular formula is C26H26N4O6. The number of hydrogen-bond donors (Lipinski definition) is 1. The fraction of sp³-hybridized carbons (Fsp3) is 0.269. The molecule has 0 radical (unpaired) electrons. The van der Waals surface area contributed by atoms with Crippen LogP contribution in [0.1, 0.15) is 33.5 Å². The van der Waals surface area contributed by atoms with Crippen LogP contribution in [-0.4, -0.2) is 65.3 Å². The molecule has 0 spiro atoms. The number of esters is 1. The first-order valence-electron chi connectivity index (χ1n) is 11.6. The van der Waals surface area contributed by atoms with E-state index in [1.54, 1.807) is 50.2 Å². The Labute approximate surface area is 207 Å². The zero-order chi connectivity index (χ0) is 25.8. The number of nitrogens with zero attached hydrogens (tertiary/aromatic N) is 3. The molecule has 0 atom stereocenters. The average Bonchev–Trinajstić information content (AvgIpc) is 3.25. The molecule has 0 unspecified atom stereocenters. The third-order valence-corrected chi connectivity index (χ3v) is 6.14. The summed E-state index contributed by atoms with van der Waals surface area (Å²) in [7, 11) is 0. The lowest BCUT2D eigenvalue weighted by Gasteiger charge is -2.35. The van der Waals surface area contributed by atoms with Crippen LogP contribution in [0, 0.1) is 17.0 Å². The lowest BCUT2D eigenvalue weighted by molar-refractivity contribution is -0.384. The summed E-state index contributed by atoms with van der Waals surface area (Å²) >= 11 is 0. The van der Waals surface area contributed by atoms with Gasteiger partial charge < -0.3 is 19.5 Å². The number of benzene rings is 2. The molecule has 10 nitrogen and oxygen atoms in total. The maximum Gasteiger partial charge on any atom is 0.340 e. The molecule has 2 heterocycles. The van der Waals surface area contributed by atoms with Gasteiger partial charge >= 0.3 is 5.97 Å². The normalized spacial score (nSPS) is 13.4. The minimum atomic E-state index is -0.726. The topological polar surface area (TPSA) is 126 Å². The van der Waals surface area contributed by atoms with E-state index < -0.39 is 22.6 Å². The van der Waals surface area contributed by atoms with E-state index in [-0.39, 0.29) is 23.6 Å². The number of nitro groups is 1. The number of rotatable bonds is 7. The Morgan fingerprint density at radius 1 is 1.00 bits per heavy atom. The van der Waals surface area contributed by atoms with Crippen molar-refractivity contribution in [1.29, 1.82) is 0 Å². The molecule has 1 aromatic heterocycles. The van der Waals surface area contributed by atoms with Crippen LogP contribution in [0.5, 0.6) is 0 Å². The highest BCUT2D eigenvalue weighted by atomic mass is 16.6. The second-order valence-corrected chi connectivity index (χ2v) is 8.34. The van der Waals surface area contributed by atoms with Gasteiger partial charge in [-0.25, -0.2) is 4.79 Å².